The van der Waals surface area contributed by atoms with E-state index < -0.39 is 0 Å². The van der Waals surface area contributed by atoms with Gasteiger partial charge < -0.3 is 5.73 Å². The molecule has 3 nitrogen and oxygen atoms in total. The summed E-state index contributed by atoms with van der Waals surface area (Å²) >= 11 is 0. The summed E-state index contributed by atoms with van der Waals surface area (Å²) < 4.78 is 0. The van der Waals surface area contributed by atoms with Crippen molar-refractivity contribution >= 4 is 5.91 Å². The van der Waals surface area contributed by atoms with Crippen LogP contribution in [0.4, 0.5) is 0 Å². The first-order valence-corrected chi connectivity index (χ1v) is 3.84. The first kappa shape index (κ1) is 12.6. The monoisotopic (exact) mass is 156 g/mol. The highest BCUT2D eigenvalue weighted by molar-refractivity contribution is 5.73. The van der Waals surface area contributed by atoms with Crippen LogP contribution in [0.1, 0.15) is 39.5 Å². The Morgan fingerprint density at radius 3 is 2.00 bits per heavy atom. The fraction of sp³-hybridized carbons (Fsp3) is 0.750. The summed E-state index contributed by atoms with van der Waals surface area (Å²) in [5.74, 6) is -0.211. The maximum Gasteiger partial charge on any atom is 0.217 e. The molecule has 0 rings (SSSR count). The van der Waals surface area contributed by atoms with Crippen molar-refractivity contribution in [2.45, 2.75) is 39.5 Å². The minimum Gasteiger partial charge on any atom is -0.370 e. The molecular formula is C8H16N2O. The van der Waals surface area contributed by atoms with Crippen molar-refractivity contribution in [1.29, 1.82) is 5.26 Å². The van der Waals surface area contributed by atoms with E-state index in [1.165, 1.54) is 0 Å². The van der Waals surface area contributed by atoms with Crippen molar-refractivity contribution in [3.05, 3.63) is 0 Å². The van der Waals surface area contributed by atoms with Gasteiger partial charge in [0, 0.05) is 12.8 Å². The zero-order valence-electron chi connectivity index (χ0n) is 7.26. The van der Waals surface area contributed by atoms with E-state index >= 15 is 0 Å². The van der Waals surface area contributed by atoms with Crippen molar-refractivity contribution in [3.63, 3.8) is 0 Å². The van der Waals surface area contributed by atoms with E-state index in [-0.39, 0.29) is 5.91 Å². The van der Waals surface area contributed by atoms with E-state index in [4.69, 9.17) is 11.0 Å². The Kier molecular flexibility index (Phi) is 13.4. The highest BCUT2D eigenvalue weighted by Gasteiger charge is 1.84. The predicted octanol–water partition coefficient (Wildman–Crippen LogP) is 1.58. The molecule has 0 aliphatic carbocycles. The van der Waals surface area contributed by atoms with Crippen LogP contribution in [0.2, 0.25) is 0 Å². The van der Waals surface area contributed by atoms with Crippen LogP contribution in [0.3, 0.4) is 0 Å². The lowest BCUT2D eigenvalue weighted by Gasteiger charge is -1.81. The molecule has 2 N–H and O–H groups in total. The van der Waals surface area contributed by atoms with E-state index in [1.807, 2.05) is 19.9 Å². The lowest BCUT2D eigenvalue weighted by molar-refractivity contribution is -0.118. The van der Waals surface area contributed by atoms with Gasteiger partial charge in [-0.05, 0) is 12.8 Å². The van der Waals surface area contributed by atoms with Gasteiger partial charge in [0.1, 0.15) is 0 Å². The molecule has 0 radical (unpaired) electrons. The van der Waals surface area contributed by atoms with E-state index in [1.54, 1.807) is 0 Å². The summed E-state index contributed by atoms with van der Waals surface area (Å²) in [4.78, 5) is 9.82. The van der Waals surface area contributed by atoms with Gasteiger partial charge in [0.05, 0.1) is 6.07 Å². The minimum atomic E-state index is -0.211. The molecule has 0 aromatic carbocycles. The number of nitrogens with zero attached hydrogens (tertiary/aromatic N) is 1. The summed E-state index contributed by atoms with van der Waals surface area (Å²) in [5, 5.41) is 7.82. The van der Waals surface area contributed by atoms with Gasteiger partial charge >= 0.3 is 0 Å². The molecule has 11 heavy (non-hydrogen) atoms. The van der Waals surface area contributed by atoms with Crippen molar-refractivity contribution in [3.8, 4) is 6.07 Å². The van der Waals surface area contributed by atoms with Crippen LogP contribution in [0, 0.1) is 11.3 Å². The Bertz CT molecular complexity index is 127. The molecule has 1 amide bonds. The number of unbranched alkanes of at least 4 members (excludes halogenated alkanes) is 1. The molecule has 0 unspecified atom stereocenters. The molecule has 0 aliphatic heterocycles. The second kappa shape index (κ2) is 11.7. The molecular weight excluding hydrogens is 140 g/mol. The first-order chi connectivity index (χ1) is 5.18. The van der Waals surface area contributed by atoms with E-state index in [0.717, 1.165) is 12.8 Å². The molecule has 0 bridgehead atoms. The Morgan fingerprint density at radius 2 is 2.00 bits per heavy atom. The van der Waals surface area contributed by atoms with Crippen LogP contribution < -0.4 is 5.73 Å². The summed E-state index contributed by atoms with van der Waals surface area (Å²) in [6.07, 6.45) is 3.05. The van der Waals surface area contributed by atoms with Crippen LogP contribution in [-0.4, -0.2) is 5.91 Å². The largest absolute Gasteiger partial charge is 0.370 e. The van der Waals surface area contributed by atoms with Gasteiger partial charge in [0.15, 0.2) is 0 Å². The number of carbonyl (C=O) groups excluding carboxylic acids is 1. The molecule has 0 aliphatic rings. The van der Waals surface area contributed by atoms with Crippen molar-refractivity contribution in [1.82, 2.24) is 0 Å². The topological polar surface area (TPSA) is 66.9 Å². The molecule has 0 aromatic rings. The van der Waals surface area contributed by atoms with E-state index in [0.29, 0.717) is 12.8 Å². The number of amides is 1. The summed E-state index contributed by atoms with van der Waals surface area (Å²) in [6.45, 7) is 3.91. The summed E-state index contributed by atoms with van der Waals surface area (Å²) in [5.41, 5.74) is 4.76. The molecule has 0 saturated carbocycles. The normalized spacial score (nSPS) is 7.36. The van der Waals surface area contributed by atoms with Crippen molar-refractivity contribution in [2.75, 3.05) is 0 Å². The number of primary amides is 1. The number of nitriles is 1. The van der Waals surface area contributed by atoms with Crippen LogP contribution in [0.5, 0.6) is 0 Å². The average molecular weight is 156 g/mol. The highest BCUT2D eigenvalue weighted by atomic mass is 16.1. The standard InChI is InChI=1S/C4H9NO.C4H7N/c1-2-3-4(5)6;1-2-3-4-5/h2-3H2,1H3,(H2,5,6);2-3H2,1H3. The first-order valence-electron chi connectivity index (χ1n) is 3.84. The van der Waals surface area contributed by atoms with Crippen LogP contribution in [-0.2, 0) is 4.79 Å². The molecule has 0 saturated heterocycles. The number of hydrogen-bond donors (Lipinski definition) is 1. The SMILES string of the molecule is CCCC#N.CCCC(N)=O. The maximum absolute atomic E-state index is 9.82. The Labute approximate surface area is 68.2 Å². The van der Waals surface area contributed by atoms with Crippen LogP contribution in [0.15, 0.2) is 0 Å². The fourth-order valence-electron chi connectivity index (χ4n) is 0.358. The van der Waals surface area contributed by atoms with Gasteiger partial charge in [-0.15, -0.1) is 0 Å². The van der Waals surface area contributed by atoms with Crippen molar-refractivity contribution < 1.29 is 4.79 Å². The number of nitrogens with two attached hydrogens (primary N) is 1. The third kappa shape index (κ3) is 27.7. The smallest absolute Gasteiger partial charge is 0.217 e. The van der Waals surface area contributed by atoms with Crippen molar-refractivity contribution in [2.24, 2.45) is 5.73 Å². The maximum atomic E-state index is 9.82. The van der Waals surface area contributed by atoms with E-state index in [9.17, 15) is 4.79 Å². The minimum absolute atomic E-state index is 0.211. The Balaban J connectivity index is 0. The zero-order chi connectivity index (χ0) is 9.11. The van der Waals surface area contributed by atoms with Gasteiger partial charge in [0.25, 0.3) is 0 Å². The highest BCUT2D eigenvalue weighted by Crippen LogP contribution is 1.79. The lowest BCUT2D eigenvalue weighted by atomic mass is 10.3. The molecule has 0 heterocycles. The summed E-state index contributed by atoms with van der Waals surface area (Å²) in [7, 11) is 0. The number of hydrogen-bond acceptors (Lipinski definition) is 2. The predicted molar refractivity (Wildman–Crippen MR) is 44.6 cm³/mol. The third-order valence-corrected chi connectivity index (χ3v) is 0.858. The van der Waals surface area contributed by atoms with Gasteiger partial charge in [-0.25, -0.2) is 0 Å². The number of rotatable bonds is 3. The lowest BCUT2D eigenvalue weighted by Crippen LogP contribution is -2.08. The molecule has 0 fully saturated rings. The van der Waals surface area contributed by atoms with Gasteiger partial charge in [-0.3, -0.25) is 4.79 Å². The fourth-order valence-corrected chi connectivity index (χ4v) is 0.358. The van der Waals surface area contributed by atoms with Gasteiger partial charge in [-0.2, -0.15) is 5.26 Å². The van der Waals surface area contributed by atoms with Gasteiger partial charge in [-0.1, -0.05) is 13.8 Å². The number of carbonyl (C=O) groups is 1. The molecule has 64 valence electrons. The molecule has 0 atom stereocenters. The van der Waals surface area contributed by atoms with Crippen LogP contribution >= 0.6 is 0 Å². The zero-order valence-corrected chi connectivity index (χ0v) is 7.26. The summed E-state index contributed by atoms with van der Waals surface area (Å²) in [6, 6.07) is 2.02. The van der Waals surface area contributed by atoms with E-state index in [2.05, 4.69) is 0 Å². The molecule has 3 heteroatoms. The second-order valence-electron chi connectivity index (χ2n) is 2.12. The third-order valence-electron chi connectivity index (χ3n) is 0.858. The molecule has 0 aromatic heterocycles. The quantitative estimate of drug-likeness (QED) is 0.674. The molecule has 0 spiro atoms. The Morgan fingerprint density at radius 1 is 1.45 bits per heavy atom. The van der Waals surface area contributed by atoms with Gasteiger partial charge in [0.2, 0.25) is 5.91 Å². The average Bonchev–Trinajstić information content (AvgIpc) is 1.90. The van der Waals surface area contributed by atoms with Crippen LogP contribution in [0.25, 0.3) is 0 Å². The Hall–Kier alpha value is -1.04. The second-order valence-corrected chi connectivity index (χ2v) is 2.12.